The molecule has 1 fully saturated rings. The highest BCUT2D eigenvalue weighted by molar-refractivity contribution is 5.57. The van der Waals surface area contributed by atoms with Crippen molar-refractivity contribution in [2.75, 3.05) is 17.2 Å². The van der Waals surface area contributed by atoms with E-state index in [1.54, 1.807) is 0 Å². The molecular weight excluding hydrogens is 224 g/mol. The van der Waals surface area contributed by atoms with Crippen LogP contribution in [0.15, 0.2) is 0 Å². The predicted octanol–water partition coefficient (Wildman–Crippen LogP) is 2.87. The second-order valence-electron chi connectivity index (χ2n) is 5.47. The molecule has 4 nitrogen and oxygen atoms in total. The monoisotopic (exact) mass is 248 g/mol. The lowest BCUT2D eigenvalue weighted by atomic mass is 10.1. The Morgan fingerprint density at radius 1 is 1.39 bits per heavy atom. The third kappa shape index (κ3) is 2.28. The molecule has 0 radical (unpaired) electrons. The average Bonchev–Trinajstić information content (AvgIpc) is 2.80. The number of aromatic nitrogens is 2. The van der Waals surface area contributed by atoms with Crippen LogP contribution in [-0.2, 0) is 0 Å². The highest BCUT2D eigenvalue weighted by atomic mass is 15.2. The molecule has 0 saturated carbocycles. The summed E-state index contributed by atoms with van der Waals surface area (Å²) in [5.41, 5.74) is 7.06. The summed E-state index contributed by atoms with van der Waals surface area (Å²) in [6, 6.07) is 0.609. The SMILES string of the molecule is CCC1CCCN1c1nc(C(C)C)nc(N)c1C. The van der Waals surface area contributed by atoms with E-state index < -0.39 is 0 Å². The van der Waals surface area contributed by atoms with Crippen LogP contribution in [0.2, 0.25) is 0 Å². The van der Waals surface area contributed by atoms with Gasteiger partial charge in [-0.2, -0.15) is 0 Å². The number of hydrogen-bond donors (Lipinski definition) is 1. The summed E-state index contributed by atoms with van der Waals surface area (Å²) in [6.07, 6.45) is 3.68. The first-order valence-corrected chi connectivity index (χ1v) is 6.95. The second kappa shape index (κ2) is 5.12. The molecule has 1 aromatic heterocycles. The van der Waals surface area contributed by atoms with E-state index in [9.17, 15) is 0 Å². The first-order valence-electron chi connectivity index (χ1n) is 6.95. The second-order valence-corrected chi connectivity index (χ2v) is 5.47. The van der Waals surface area contributed by atoms with E-state index in [-0.39, 0.29) is 0 Å². The molecule has 1 aromatic rings. The minimum absolute atomic E-state index is 0.314. The molecule has 100 valence electrons. The number of rotatable bonds is 3. The summed E-state index contributed by atoms with van der Waals surface area (Å²) in [5.74, 6) is 2.85. The van der Waals surface area contributed by atoms with Crippen LogP contribution in [0.1, 0.15) is 57.3 Å². The average molecular weight is 248 g/mol. The number of nitrogen functional groups attached to an aromatic ring is 1. The Labute approximate surface area is 110 Å². The fraction of sp³-hybridized carbons (Fsp3) is 0.714. The summed E-state index contributed by atoms with van der Waals surface area (Å²) in [7, 11) is 0. The van der Waals surface area contributed by atoms with E-state index >= 15 is 0 Å². The van der Waals surface area contributed by atoms with Crippen LogP contribution >= 0.6 is 0 Å². The Kier molecular flexibility index (Phi) is 3.73. The molecule has 2 heterocycles. The zero-order valence-corrected chi connectivity index (χ0v) is 11.9. The van der Waals surface area contributed by atoms with Crippen LogP contribution in [0.5, 0.6) is 0 Å². The first kappa shape index (κ1) is 13.1. The number of nitrogens with zero attached hydrogens (tertiary/aromatic N) is 3. The first-order chi connectivity index (χ1) is 8.54. The maximum Gasteiger partial charge on any atom is 0.137 e. The van der Waals surface area contributed by atoms with Crippen LogP contribution in [-0.4, -0.2) is 22.6 Å². The molecule has 0 spiro atoms. The smallest absolute Gasteiger partial charge is 0.137 e. The van der Waals surface area contributed by atoms with Gasteiger partial charge in [0.25, 0.3) is 0 Å². The summed E-state index contributed by atoms with van der Waals surface area (Å²) >= 11 is 0. The summed E-state index contributed by atoms with van der Waals surface area (Å²) in [6.45, 7) is 9.57. The lowest BCUT2D eigenvalue weighted by Crippen LogP contribution is -2.30. The topological polar surface area (TPSA) is 55.0 Å². The van der Waals surface area contributed by atoms with Crippen LogP contribution in [0, 0.1) is 6.92 Å². The van der Waals surface area contributed by atoms with Gasteiger partial charge in [-0.05, 0) is 26.2 Å². The molecule has 0 aliphatic carbocycles. The maximum atomic E-state index is 6.04. The molecule has 0 amide bonds. The van der Waals surface area contributed by atoms with Gasteiger partial charge in [0.05, 0.1) is 0 Å². The summed E-state index contributed by atoms with van der Waals surface area (Å²) < 4.78 is 0. The van der Waals surface area contributed by atoms with Crippen molar-refractivity contribution in [2.24, 2.45) is 0 Å². The van der Waals surface area contributed by atoms with E-state index in [2.05, 4.69) is 30.7 Å². The van der Waals surface area contributed by atoms with E-state index in [0.717, 1.165) is 23.8 Å². The Morgan fingerprint density at radius 2 is 2.11 bits per heavy atom. The molecule has 1 aliphatic rings. The van der Waals surface area contributed by atoms with Crippen molar-refractivity contribution in [1.82, 2.24) is 9.97 Å². The quantitative estimate of drug-likeness (QED) is 0.893. The van der Waals surface area contributed by atoms with Crippen molar-refractivity contribution in [3.63, 3.8) is 0 Å². The number of anilines is 2. The Morgan fingerprint density at radius 3 is 2.72 bits per heavy atom. The fourth-order valence-electron chi connectivity index (χ4n) is 2.62. The van der Waals surface area contributed by atoms with Gasteiger partial charge in [-0.25, -0.2) is 9.97 Å². The molecule has 1 unspecified atom stereocenters. The lowest BCUT2D eigenvalue weighted by Gasteiger charge is -2.27. The number of nitrogens with two attached hydrogens (primary N) is 1. The zero-order chi connectivity index (χ0) is 13.3. The van der Waals surface area contributed by atoms with Gasteiger partial charge in [0, 0.05) is 24.1 Å². The normalized spacial score (nSPS) is 19.8. The van der Waals surface area contributed by atoms with Crippen molar-refractivity contribution in [1.29, 1.82) is 0 Å². The van der Waals surface area contributed by atoms with E-state index in [0.29, 0.717) is 17.8 Å². The van der Waals surface area contributed by atoms with Crippen molar-refractivity contribution in [3.05, 3.63) is 11.4 Å². The maximum absolute atomic E-state index is 6.04. The third-order valence-corrected chi connectivity index (χ3v) is 3.81. The van der Waals surface area contributed by atoms with Crippen molar-refractivity contribution < 1.29 is 0 Å². The van der Waals surface area contributed by atoms with Crippen molar-refractivity contribution in [2.45, 2.75) is 58.9 Å². The van der Waals surface area contributed by atoms with Gasteiger partial charge >= 0.3 is 0 Å². The minimum Gasteiger partial charge on any atom is -0.383 e. The van der Waals surface area contributed by atoms with Gasteiger partial charge in [0.1, 0.15) is 17.5 Å². The number of hydrogen-bond acceptors (Lipinski definition) is 4. The van der Waals surface area contributed by atoms with Crippen LogP contribution < -0.4 is 10.6 Å². The van der Waals surface area contributed by atoms with Gasteiger partial charge in [0.2, 0.25) is 0 Å². The van der Waals surface area contributed by atoms with Gasteiger partial charge in [-0.15, -0.1) is 0 Å². The van der Waals surface area contributed by atoms with Gasteiger partial charge in [-0.1, -0.05) is 20.8 Å². The molecule has 1 atom stereocenters. The van der Waals surface area contributed by atoms with E-state index in [1.807, 2.05) is 6.92 Å². The fourth-order valence-corrected chi connectivity index (χ4v) is 2.62. The Hall–Kier alpha value is -1.32. The molecule has 0 aromatic carbocycles. The standard InChI is InChI=1S/C14H24N4/c1-5-11-7-6-8-18(11)14-10(4)12(15)16-13(17-14)9(2)3/h9,11H,5-8H2,1-4H3,(H2,15,16,17). The molecule has 18 heavy (non-hydrogen) atoms. The summed E-state index contributed by atoms with van der Waals surface area (Å²) in [5, 5.41) is 0. The molecule has 1 saturated heterocycles. The largest absolute Gasteiger partial charge is 0.383 e. The van der Waals surface area contributed by atoms with Gasteiger partial charge < -0.3 is 10.6 Å². The van der Waals surface area contributed by atoms with Gasteiger partial charge in [0.15, 0.2) is 0 Å². The predicted molar refractivity (Wildman–Crippen MR) is 75.9 cm³/mol. The Balaban J connectivity index is 2.42. The molecule has 2 N–H and O–H groups in total. The van der Waals surface area contributed by atoms with Gasteiger partial charge in [-0.3, -0.25) is 0 Å². The van der Waals surface area contributed by atoms with Crippen molar-refractivity contribution in [3.8, 4) is 0 Å². The highest BCUT2D eigenvalue weighted by Crippen LogP contribution is 2.31. The zero-order valence-electron chi connectivity index (χ0n) is 11.9. The van der Waals surface area contributed by atoms with Crippen LogP contribution in [0.25, 0.3) is 0 Å². The molecule has 4 heteroatoms. The lowest BCUT2D eigenvalue weighted by molar-refractivity contribution is 0.635. The summed E-state index contributed by atoms with van der Waals surface area (Å²) in [4.78, 5) is 11.6. The highest BCUT2D eigenvalue weighted by Gasteiger charge is 2.26. The minimum atomic E-state index is 0.314. The Bertz CT molecular complexity index is 428. The van der Waals surface area contributed by atoms with Crippen LogP contribution in [0.4, 0.5) is 11.6 Å². The van der Waals surface area contributed by atoms with E-state index in [4.69, 9.17) is 10.7 Å². The molecule has 0 bridgehead atoms. The molecule has 1 aliphatic heterocycles. The van der Waals surface area contributed by atoms with Crippen LogP contribution in [0.3, 0.4) is 0 Å². The molecular formula is C14H24N4. The van der Waals surface area contributed by atoms with E-state index in [1.165, 1.54) is 19.3 Å². The van der Waals surface area contributed by atoms with Crippen molar-refractivity contribution >= 4 is 11.6 Å². The third-order valence-electron chi connectivity index (χ3n) is 3.81. The molecule has 2 rings (SSSR count).